The third-order valence-electron chi connectivity index (χ3n) is 4.74. The van der Waals surface area contributed by atoms with Crippen molar-refractivity contribution in [3.8, 4) is 0 Å². The lowest BCUT2D eigenvalue weighted by molar-refractivity contribution is -0.120. The molecule has 7 heteroatoms. The third-order valence-corrected chi connectivity index (χ3v) is 4.74. The van der Waals surface area contributed by atoms with Crippen LogP contribution in [0.4, 0.5) is 11.4 Å². The standard InChI is InChI=1S/C19H26N4O3/c1-22(2)12-15-17(24)16(19(26)21-15)18(25)20-13-6-8-14(9-7-13)23-10-4-3-5-11-23/h6-9,15,24H,3-5,10-12H2,1-2H3,(H,20,25)(H,21,26). The van der Waals surface area contributed by atoms with Crippen LogP contribution in [-0.2, 0) is 9.59 Å². The van der Waals surface area contributed by atoms with Gasteiger partial charge < -0.3 is 25.5 Å². The lowest BCUT2D eigenvalue weighted by Crippen LogP contribution is -2.37. The Kier molecular flexibility index (Phi) is 5.46. The van der Waals surface area contributed by atoms with Crippen LogP contribution >= 0.6 is 0 Å². The van der Waals surface area contributed by atoms with Gasteiger partial charge >= 0.3 is 0 Å². The predicted octanol–water partition coefficient (Wildman–Crippen LogP) is 1.49. The fraction of sp³-hybridized carbons (Fsp3) is 0.474. The maximum Gasteiger partial charge on any atom is 0.264 e. The van der Waals surface area contributed by atoms with Gasteiger partial charge in [0, 0.05) is 31.0 Å². The average molecular weight is 358 g/mol. The van der Waals surface area contributed by atoms with Gasteiger partial charge in [0.25, 0.3) is 11.8 Å². The summed E-state index contributed by atoms with van der Waals surface area (Å²) in [5.74, 6) is -1.34. The minimum atomic E-state index is -0.591. The molecule has 140 valence electrons. The van der Waals surface area contributed by atoms with Crippen LogP contribution in [0, 0.1) is 0 Å². The van der Waals surface area contributed by atoms with E-state index in [2.05, 4.69) is 15.5 Å². The first-order valence-corrected chi connectivity index (χ1v) is 9.01. The minimum Gasteiger partial charge on any atom is -0.509 e. The average Bonchev–Trinajstić information content (AvgIpc) is 2.89. The zero-order valence-electron chi connectivity index (χ0n) is 15.3. The monoisotopic (exact) mass is 358 g/mol. The molecule has 1 saturated heterocycles. The number of likely N-dealkylation sites (N-methyl/N-ethyl adjacent to an activating group) is 1. The lowest BCUT2D eigenvalue weighted by atomic mass is 10.1. The first-order chi connectivity index (χ1) is 12.5. The van der Waals surface area contributed by atoms with Crippen molar-refractivity contribution in [2.24, 2.45) is 0 Å². The molecule has 0 aliphatic carbocycles. The van der Waals surface area contributed by atoms with E-state index in [1.807, 2.05) is 43.3 Å². The first-order valence-electron chi connectivity index (χ1n) is 9.01. The molecule has 1 fully saturated rings. The van der Waals surface area contributed by atoms with Crippen LogP contribution in [0.2, 0.25) is 0 Å². The van der Waals surface area contributed by atoms with Gasteiger partial charge in [0.15, 0.2) is 0 Å². The van der Waals surface area contributed by atoms with Crippen molar-refractivity contribution in [3.63, 3.8) is 0 Å². The van der Waals surface area contributed by atoms with Crippen LogP contribution in [0.25, 0.3) is 0 Å². The second kappa shape index (κ2) is 7.78. The topological polar surface area (TPSA) is 84.9 Å². The highest BCUT2D eigenvalue weighted by atomic mass is 16.3. The Morgan fingerprint density at radius 3 is 2.50 bits per heavy atom. The molecule has 0 bridgehead atoms. The van der Waals surface area contributed by atoms with Crippen LogP contribution < -0.4 is 15.5 Å². The molecule has 0 spiro atoms. The van der Waals surface area contributed by atoms with E-state index in [1.165, 1.54) is 19.3 Å². The van der Waals surface area contributed by atoms with Gasteiger partial charge in [-0.25, -0.2) is 0 Å². The van der Waals surface area contributed by atoms with E-state index in [0.29, 0.717) is 12.2 Å². The smallest absolute Gasteiger partial charge is 0.264 e. The minimum absolute atomic E-state index is 0.203. The summed E-state index contributed by atoms with van der Waals surface area (Å²) in [6.07, 6.45) is 3.68. The maximum absolute atomic E-state index is 12.4. The quantitative estimate of drug-likeness (QED) is 0.695. The Labute approximate surface area is 153 Å². The molecule has 26 heavy (non-hydrogen) atoms. The number of anilines is 2. The maximum atomic E-state index is 12.4. The van der Waals surface area contributed by atoms with Crippen LogP contribution in [0.5, 0.6) is 0 Å². The number of nitrogens with zero attached hydrogens (tertiary/aromatic N) is 2. The molecule has 2 aliphatic heterocycles. The number of hydrogen-bond acceptors (Lipinski definition) is 5. The van der Waals surface area contributed by atoms with Crippen molar-refractivity contribution in [1.82, 2.24) is 10.2 Å². The molecule has 0 aromatic heterocycles. The van der Waals surface area contributed by atoms with E-state index in [0.717, 1.165) is 18.8 Å². The Bertz CT molecular complexity index is 706. The molecule has 1 unspecified atom stereocenters. The van der Waals surface area contributed by atoms with Crippen molar-refractivity contribution in [1.29, 1.82) is 0 Å². The summed E-state index contributed by atoms with van der Waals surface area (Å²) in [7, 11) is 3.67. The van der Waals surface area contributed by atoms with Gasteiger partial charge in [-0.15, -0.1) is 0 Å². The predicted molar refractivity (Wildman–Crippen MR) is 101 cm³/mol. The summed E-state index contributed by atoms with van der Waals surface area (Å²) in [5, 5.41) is 15.6. The fourth-order valence-corrected chi connectivity index (χ4v) is 3.41. The Morgan fingerprint density at radius 1 is 1.23 bits per heavy atom. The Balaban J connectivity index is 1.67. The molecule has 3 N–H and O–H groups in total. The number of aliphatic hydroxyl groups is 1. The number of piperidine rings is 1. The fourth-order valence-electron chi connectivity index (χ4n) is 3.41. The van der Waals surface area contributed by atoms with Crippen molar-refractivity contribution >= 4 is 23.2 Å². The summed E-state index contributed by atoms with van der Waals surface area (Å²) in [4.78, 5) is 28.7. The second-order valence-corrected chi connectivity index (χ2v) is 7.10. The Morgan fingerprint density at radius 2 is 1.88 bits per heavy atom. The SMILES string of the molecule is CN(C)CC1NC(=O)C(C(=O)Nc2ccc(N3CCCCC3)cc2)=C1O. The number of nitrogens with one attached hydrogen (secondary N) is 2. The van der Waals surface area contributed by atoms with E-state index < -0.39 is 17.9 Å². The zero-order valence-corrected chi connectivity index (χ0v) is 15.3. The molecular formula is C19H26N4O3. The Hall–Kier alpha value is -2.54. The molecule has 2 amide bonds. The van der Waals surface area contributed by atoms with Gasteiger partial charge in [0.2, 0.25) is 0 Å². The van der Waals surface area contributed by atoms with Gasteiger partial charge in [0.05, 0.1) is 0 Å². The summed E-state index contributed by atoms with van der Waals surface area (Å²) in [5.41, 5.74) is 1.52. The van der Waals surface area contributed by atoms with Crippen LogP contribution in [-0.4, -0.2) is 61.6 Å². The van der Waals surface area contributed by atoms with Crippen molar-refractivity contribution in [2.45, 2.75) is 25.3 Å². The van der Waals surface area contributed by atoms with Gasteiger partial charge in [-0.1, -0.05) is 0 Å². The van der Waals surface area contributed by atoms with Crippen LogP contribution in [0.1, 0.15) is 19.3 Å². The second-order valence-electron chi connectivity index (χ2n) is 7.10. The van der Waals surface area contributed by atoms with E-state index in [1.54, 1.807) is 0 Å². The molecule has 1 atom stereocenters. The summed E-state index contributed by atoms with van der Waals surface area (Å²) in [6, 6.07) is 7.03. The number of hydrogen-bond donors (Lipinski definition) is 3. The normalized spacial score (nSPS) is 20.5. The number of rotatable bonds is 5. The van der Waals surface area contributed by atoms with Gasteiger partial charge in [-0.3, -0.25) is 9.59 Å². The lowest BCUT2D eigenvalue weighted by Gasteiger charge is -2.28. The number of carbonyl (C=O) groups is 2. The number of benzene rings is 1. The highest BCUT2D eigenvalue weighted by Crippen LogP contribution is 2.23. The number of amides is 2. The van der Waals surface area contributed by atoms with Crippen molar-refractivity contribution in [3.05, 3.63) is 35.6 Å². The van der Waals surface area contributed by atoms with Gasteiger partial charge in [-0.05, 0) is 57.6 Å². The molecule has 7 nitrogen and oxygen atoms in total. The van der Waals surface area contributed by atoms with E-state index >= 15 is 0 Å². The van der Waals surface area contributed by atoms with Gasteiger partial charge in [-0.2, -0.15) is 0 Å². The third kappa shape index (κ3) is 3.99. The van der Waals surface area contributed by atoms with E-state index in [4.69, 9.17) is 0 Å². The number of carbonyl (C=O) groups excluding carboxylic acids is 2. The molecular weight excluding hydrogens is 332 g/mol. The van der Waals surface area contributed by atoms with Crippen molar-refractivity contribution in [2.75, 3.05) is 43.9 Å². The van der Waals surface area contributed by atoms with E-state index in [9.17, 15) is 14.7 Å². The van der Waals surface area contributed by atoms with Gasteiger partial charge in [0.1, 0.15) is 17.4 Å². The highest BCUT2D eigenvalue weighted by molar-refractivity contribution is 6.24. The zero-order chi connectivity index (χ0) is 18.7. The molecule has 2 aliphatic rings. The molecule has 1 aromatic carbocycles. The molecule has 1 aromatic rings. The number of aliphatic hydroxyl groups excluding tert-OH is 1. The van der Waals surface area contributed by atoms with Crippen LogP contribution in [0.3, 0.4) is 0 Å². The summed E-state index contributed by atoms with van der Waals surface area (Å²) < 4.78 is 0. The van der Waals surface area contributed by atoms with E-state index in [-0.39, 0.29) is 11.3 Å². The molecule has 3 rings (SSSR count). The van der Waals surface area contributed by atoms with Crippen molar-refractivity contribution < 1.29 is 14.7 Å². The first kappa shape index (κ1) is 18.3. The molecule has 2 heterocycles. The van der Waals surface area contributed by atoms with Crippen LogP contribution in [0.15, 0.2) is 35.6 Å². The molecule has 0 radical (unpaired) electrons. The summed E-state index contributed by atoms with van der Waals surface area (Å²) in [6.45, 7) is 2.54. The molecule has 0 saturated carbocycles. The summed E-state index contributed by atoms with van der Waals surface area (Å²) >= 11 is 0. The largest absolute Gasteiger partial charge is 0.509 e. The highest BCUT2D eigenvalue weighted by Gasteiger charge is 2.36.